The van der Waals surface area contributed by atoms with Crippen molar-refractivity contribution in [2.75, 3.05) is 6.26 Å². The number of hydrogen-bond acceptors (Lipinski definition) is 3. The highest BCUT2D eigenvalue weighted by atomic mass is 32.2. The van der Waals surface area contributed by atoms with Gasteiger partial charge in [-0.2, -0.15) is 0 Å². The molecule has 0 saturated heterocycles. The quantitative estimate of drug-likeness (QED) is 0.642. The topological polar surface area (TPSA) is 63.3 Å². The summed E-state index contributed by atoms with van der Waals surface area (Å²) in [7, 11) is 0. The van der Waals surface area contributed by atoms with Gasteiger partial charge in [-0.3, -0.25) is 4.79 Å². The van der Waals surface area contributed by atoms with Crippen LogP contribution in [0.15, 0.2) is 11.0 Å². The van der Waals surface area contributed by atoms with E-state index >= 15 is 0 Å². The molecule has 0 aromatic heterocycles. The molecule has 0 heterocycles. The molecule has 3 nitrogen and oxygen atoms in total. The van der Waals surface area contributed by atoms with E-state index in [1.807, 2.05) is 0 Å². The lowest BCUT2D eigenvalue weighted by Crippen LogP contribution is -2.15. The van der Waals surface area contributed by atoms with Crippen LogP contribution in [0.5, 0.6) is 0 Å². The van der Waals surface area contributed by atoms with Gasteiger partial charge in [-0.25, -0.2) is 13.2 Å². The molecule has 1 rings (SSSR count). The molecule has 18 heavy (non-hydrogen) atoms. The third kappa shape index (κ3) is 3.17. The molecule has 100 valence electrons. The van der Waals surface area contributed by atoms with E-state index in [2.05, 4.69) is 0 Å². The predicted octanol–water partition coefficient (Wildman–Crippen LogP) is 2.69. The smallest absolute Gasteiger partial charge is 0.303 e. The normalized spacial score (nSPS) is 12.5. The van der Waals surface area contributed by atoms with Gasteiger partial charge in [0.1, 0.15) is 5.82 Å². The molecule has 1 aromatic rings. The van der Waals surface area contributed by atoms with Crippen LogP contribution in [0.2, 0.25) is 0 Å². The molecule has 0 amide bonds. The minimum Gasteiger partial charge on any atom is -0.481 e. The van der Waals surface area contributed by atoms with Crippen molar-refractivity contribution >= 4 is 17.7 Å². The lowest BCUT2D eigenvalue weighted by molar-refractivity contribution is -0.137. The Morgan fingerprint density at radius 2 is 2.06 bits per heavy atom. The molecule has 0 aliphatic carbocycles. The summed E-state index contributed by atoms with van der Waals surface area (Å²) in [6, 6.07) is -0.238. The number of nitrogens with two attached hydrogens (primary N) is 1. The summed E-state index contributed by atoms with van der Waals surface area (Å²) in [4.78, 5) is 9.94. The van der Waals surface area contributed by atoms with Crippen LogP contribution < -0.4 is 5.73 Å². The first kappa shape index (κ1) is 14.8. The molecule has 0 fully saturated rings. The highest BCUT2D eigenvalue weighted by molar-refractivity contribution is 7.98. The lowest BCUT2D eigenvalue weighted by atomic mass is 10.0. The van der Waals surface area contributed by atoms with Crippen molar-refractivity contribution in [3.05, 3.63) is 29.1 Å². The van der Waals surface area contributed by atoms with E-state index in [0.29, 0.717) is 0 Å². The Labute approximate surface area is 106 Å². The number of carboxylic acid groups (broad SMARTS) is 1. The number of carboxylic acids is 1. The largest absolute Gasteiger partial charge is 0.481 e. The number of carbonyl (C=O) groups is 1. The van der Waals surface area contributed by atoms with Crippen LogP contribution in [0.25, 0.3) is 0 Å². The fourth-order valence-corrected chi connectivity index (χ4v) is 2.01. The van der Waals surface area contributed by atoms with Crippen LogP contribution in [0.4, 0.5) is 13.2 Å². The van der Waals surface area contributed by atoms with E-state index in [1.54, 1.807) is 0 Å². The maximum atomic E-state index is 13.6. The van der Waals surface area contributed by atoms with Gasteiger partial charge >= 0.3 is 5.97 Å². The fourth-order valence-electron chi connectivity index (χ4n) is 1.49. The molecule has 0 saturated carbocycles. The molecule has 3 N–H and O–H groups in total. The zero-order valence-corrected chi connectivity index (χ0v) is 10.4. The van der Waals surface area contributed by atoms with Gasteiger partial charge in [-0.1, -0.05) is 0 Å². The van der Waals surface area contributed by atoms with Gasteiger partial charge in [0.25, 0.3) is 0 Å². The molecule has 1 atom stereocenters. The fraction of sp³-hybridized carbons (Fsp3) is 0.364. The average Bonchev–Trinajstić information content (AvgIpc) is 2.31. The van der Waals surface area contributed by atoms with Gasteiger partial charge in [-0.05, 0) is 18.7 Å². The lowest BCUT2D eigenvalue weighted by Gasteiger charge is -2.14. The van der Waals surface area contributed by atoms with Crippen LogP contribution in [0, 0.1) is 17.5 Å². The van der Waals surface area contributed by atoms with Crippen LogP contribution in [0.3, 0.4) is 0 Å². The average molecular weight is 279 g/mol. The van der Waals surface area contributed by atoms with E-state index in [4.69, 9.17) is 10.8 Å². The first-order valence-corrected chi connectivity index (χ1v) is 6.29. The van der Waals surface area contributed by atoms with Gasteiger partial charge in [-0.15, -0.1) is 11.8 Å². The molecule has 7 heteroatoms. The maximum absolute atomic E-state index is 13.6. The zero-order valence-electron chi connectivity index (χ0n) is 9.54. The molecular weight excluding hydrogens is 267 g/mol. The van der Waals surface area contributed by atoms with Crippen molar-refractivity contribution in [1.82, 2.24) is 0 Å². The minimum atomic E-state index is -1.29. The molecule has 0 aliphatic rings. The van der Waals surface area contributed by atoms with Crippen molar-refractivity contribution in [3.8, 4) is 0 Å². The van der Waals surface area contributed by atoms with Crippen molar-refractivity contribution in [2.24, 2.45) is 5.73 Å². The number of hydrogen-bond donors (Lipinski definition) is 2. The summed E-state index contributed by atoms with van der Waals surface area (Å²) in [5.74, 6) is -4.52. The summed E-state index contributed by atoms with van der Waals surface area (Å²) >= 11 is 0.750. The second kappa shape index (κ2) is 6.10. The van der Waals surface area contributed by atoms with Gasteiger partial charge in [0.2, 0.25) is 0 Å². The number of aliphatic carboxylic acids is 1. The van der Waals surface area contributed by atoms with Crippen LogP contribution in [-0.4, -0.2) is 17.3 Å². The van der Waals surface area contributed by atoms with Crippen molar-refractivity contribution in [3.63, 3.8) is 0 Å². The number of thioether (sulfide) groups is 1. The van der Waals surface area contributed by atoms with Gasteiger partial charge in [0, 0.05) is 18.0 Å². The highest BCUT2D eigenvalue weighted by Crippen LogP contribution is 2.30. The summed E-state index contributed by atoms with van der Waals surface area (Å²) in [6.07, 6.45) is 1.03. The van der Waals surface area contributed by atoms with Crippen LogP contribution >= 0.6 is 11.8 Å². The standard InChI is InChI=1S/C11H12F3NO2S/c1-18-11-6(12)4-5(9(13)10(11)14)7(15)2-3-8(16)17/h4,7H,2-3,15H2,1H3,(H,16,17). The minimum absolute atomic E-state index is 0.0935. The maximum Gasteiger partial charge on any atom is 0.303 e. The number of halogens is 3. The Morgan fingerprint density at radius 3 is 2.56 bits per heavy atom. The van der Waals surface area contributed by atoms with E-state index < -0.39 is 34.4 Å². The van der Waals surface area contributed by atoms with Crippen molar-refractivity contribution < 1.29 is 23.1 Å². The van der Waals surface area contributed by atoms with Crippen LogP contribution in [0.1, 0.15) is 24.4 Å². The first-order chi connectivity index (χ1) is 8.38. The second-order valence-electron chi connectivity index (χ2n) is 3.65. The van der Waals surface area contributed by atoms with E-state index in [9.17, 15) is 18.0 Å². The Hall–Kier alpha value is -1.21. The number of rotatable bonds is 5. The van der Waals surface area contributed by atoms with Crippen LogP contribution in [-0.2, 0) is 4.79 Å². The molecule has 1 aromatic carbocycles. The molecule has 1 unspecified atom stereocenters. The van der Waals surface area contributed by atoms with E-state index in [-0.39, 0.29) is 18.4 Å². The third-order valence-electron chi connectivity index (χ3n) is 2.42. The van der Waals surface area contributed by atoms with Crippen molar-refractivity contribution in [1.29, 1.82) is 0 Å². The Bertz CT molecular complexity index is 468. The number of benzene rings is 1. The monoisotopic (exact) mass is 279 g/mol. The Kier molecular flexibility index (Phi) is 5.03. The molecule has 0 radical (unpaired) electrons. The van der Waals surface area contributed by atoms with Gasteiger partial charge < -0.3 is 10.8 Å². The highest BCUT2D eigenvalue weighted by Gasteiger charge is 2.22. The van der Waals surface area contributed by atoms with Gasteiger partial charge in [0.15, 0.2) is 11.6 Å². The summed E-state index contributed by atoms with van der Waals surface area (Å²) in [5, 5.41) is 8.47. The molecular formula is C11H12F3NO2S. The molecule has 0 aliphatic heterocycles. The molecule has 0 spiro atoms. The predicted molar refractivity (Wildman–Crippen MR) is 61.9 cm³/mol. The Morgan fingerprint density at radius 1 is 1.44 bits per heavy atom. The van der Waals surface area contributed by atoms with Crippen molar-refractivity contribution in [2.45, 2.75) is 23.8 Å². The summed E-state index contributed by atoms with van der Waals surface area (Å²) < 4.78 is 40.5. The Balaban J connectivity index is 3.06. The third-order valence-corrected chi connectivity index (χ3v) is 3.20. The second-order valence-corrected chi connectivity index (χ2v) is 4.46. The summed E-state index contributed by atoms with van der Waals surface area (Å²) in [6.45, 7) is 0. The SMILES string of the molecule is CSc1c(F)cc(C(N)CCC(=O)O)c(F)c1F. The first-order valence-electron chi connectivity index (χ1n) is 5.07. The zero-order chi connectivity index (χ0) is 13.9. The molecule has 0 bridgehead atoms. The van der Waals surface area contributed by atoms with Gasteiger partial charge in [0.05, 0.1) is 4.90 Å². The summed E-state index contributed by atoms with van der Waals surface area (Å²) in [5.41, 5.74) is 5.19. The van der Waals surface area contributed by atoms with E-state index in [0.717, 1.165) is 17.8 Å². The van der Waals surface area contributed by atoms with E-state index in [1.165, 1.54) is 6.26 Å².